The number of aryl methyl sites for hydroxylation is 1. The lowest BCUT2D eigenvalue weighted by molar-refractivity contribution is -0.149. The first-order valence-electron chi connectivity index (χ1n) is 9.17. The van der Waals surface area contributed by atoms with Crippen molar-refractivity contribution in [3.05, 3.63) is 64.1 Å². The number of nitrogens with zero attached hydrogens (tertiary/aromatic N) is 1. The molecule has 0 aliphatic carbocycles. The zero-order chi connectivity index (χ0) is 20.9. The molecule has 1 atom stereocenters. The van der Waals surface area contributed by atoms with Crippen molar-refractivity contribution in [2.24, 2.45) is 5.92 Å². The largest absolute Gasteiger partial charge is 0.465 e. The van der Waals surface area contributed by atoms with Gasteiger partial charge in [-0.1, -0.05) is 54.0 Å². The van der Waals surface area contributed by atoms with E-state index in [4.69, 9.17) is 4.74 Å². The third-order valence-corrected chi connectivity index (χ3v) is 6.85. The zero-order valence-electron chi connectivity index (χ0n) is 16.6. The summed E-state index contributed by atoms with van der Waals surface area (Å²) in [5.41, 5.74) is 1.81. The second kappa shape index (κ2) is 9.67. The lowest BCUT2D eigenvalue weighted by Gasteiger charge is -2.32. The van der Waals surface area contributed by atoms with Gasteiger partial charge in [-0.15, -0.1) is 0 Å². The topological polar surface area (TPSA) is 63.7 Å². The van der Waals surface area contributed by atoms with Crippen molar-refractivity contribution in [1.82, 2.24) is 4.31 Å². The highest BCUT2D eigenvalue weighted by atomic mass is 79.9. The number of sulfonamides is 1. The van der Waals surface area contributed by atoms with Gasteiger partial charge in [-0.2, -0.15) is 4.31 Å². The molecule has 0 aliphatic heterocycles. The summed E-state index contributed by atoms with van der Waals surface area (Å²) < 4.78 is 34.3. The Bertz CT molecular complexity index is 910. The minimum absolute atomic E-state index is 0.0900. The van der Waals surface area contributed by atoms with Crippen molar-refractivity contribution in [1.29, 1.82) is 0 Å². The fourth-order valence-electron chi connectivity index (χ4n) is 2.98. The third-order valence-electron chi connectivity index (χ3n) is 4.48. The molecular formula is C21H26BrNO4S. The van der Waals surface area contributed by atoms with E-state index in [-0.39, 0.29) is 24.0 Å². The van der Waals surface area contributed by atoms with Crippen LogP contribution in [0.2, 0.25) is 0 Å². The standard InChI is InChI=1S/C21H26BrNO4S/c1-5-27-21(24)20(15(2)3)23(14-17-9-7-6-8-16(17)4)28(25,26)19-12-10-18(22)11-13-19/h6-13,15,20H,5,14H2,1-4H3/t20-/m1/s1. The van der Waals surface area contributed by atoms with Crippen molar-refractivity contribution in [2.45, 2.75) is 45.2 Å². The molecule has 7 heteroatoms. The van der Waals surface area contributed by atoms with E-state index in [1.807, 2.05) is 45.0 Å². The van der Waals surface area contributed by atoms with Gasteiger partial charge in [-0.05, 0) is 55.2 Å². The third kappa shape index (κ3) is 5.21. The van der Waals surface area contributed by atoms with Crippen molar-refractivity contribution in [3.63, 3.8) is 0 Å². The lowest BCUT2D eigenvalue weighted by atomic mass is 10.0. The van der Waals surface area contributed by atoms with Crippen LogP contribution in [0.3, 0.4) is 0 Å². The van der Waals surface area contributed by atoms with Gasteiger partial charge < -0.3 is 4.74 Å². The van der Waals surface area contributed by atoms with Crippen LogP contribution in [0, 0.1) is 12.8 Å². The van der Waals surface area contributed by atoms with E-state index in [1.165, 1.54) is 16.4 Å². The Morgan fingerprint density at radius 2 is 1.71 bits per heavy atom. The average molecular weight is 468 g/mol. The maximum absolute atomic E-state index is 13.5. The molecule has 0 bridgehead atoms. The van der Waals surface area contributed by atoms with Crippen molar-refractivity contribution in [2.75, 3.05) is 6.61 Å². The molecule has 5 nitrogen and oxygen atoms in total. The molecule has 0 radical (unpaired) electrons. The molecule has 0 amide bonds. The van der Waals surface area contributed by atoms with Gasteiger partial charge in [0.15, 0.2) is 0 Å². The highest BCUT2D eigenvalue weighted by Gasteiger charge is 2.39. The summed E-state index contributed by atoms with van der Waals surface area (Å²) >= 11 is 3.33. The maximum Gasteiger partial charge on any atom is 0.324 e. The molecule has 28 heavy (non-hydrogen) atoms. The Balaban J connectivity index is 2.58. The Kier molecular flexibility index (Phi) is 7.80. The monoisotopic (exact) mass is 467 g/mol. The van der Waals surface area contributed by atoms with Crippen LogP contribution in [0.25, 0.3) is 0 Å². The van der Waals surface area contributed by atoms with E-state index in [0.717, 1.165) is 15.6 Å². The molecule has 2 rings (SSSR count). The molecule has 0 aliphatic rings. The molecule has 0 spiro atoms. The van der Waals surface area contributed by atoms with Crippen molar-refractivity contribution < 1.29 is 17.9 Å². The summed E-state index contributed by atoms with van der Waals surface area (Å²) in [6, 6.07) is 13.1. The van der Waals surface area contributed by atoms with Crippen LogP contribution in [0.4, 0.5) is 0 Å². The van der Waals surface area contributed by atoms with Crippen LogP contribution in [0.5, 0.6) is 0 Å². The first kappa shape index (κ1) is 22.6. The quantitative estimate of drug-likeness (QED) is 0.534. The summed E-state index contributed by atoms with van der Waals surface area (Å²) in [5, 5.41) is 0. The van der Waals surface area contributed by atoms with Crippen LogP contribution in [0.15, 0.2) is 57.9 Å². The molecule has 0 saturated heterocycles. The summed E-state index contributed by atoms with van der Waals surface area (Å²) in [6.07, 6.45) is 0. The van der Waals surface area contributed by atoms with Crippen LogP contribution < -0.4 is 0 Å². The van der Waals surface area contributed by atoms with Gasteiger partial charge in [0.25, 0.3) is 0 Å². The van der Waals surface area contributed by atoms with Crippen LogP contribution in [0.1, 0.15) is 31.9 Å². The minimum Gasteiger partial charge on any atom is -0.465 e. The number of benzene rings is 2. The van der Waals surface area contributed by atoms with E-state index in [9.17, 15) is 13.2 Å². The van der Waals surface area contributed by atoms with Crippen LogP contribution >= 0.6 is 15.9 Å². The zero-order valence-corrected chi connectivity index (χ0v) is 19.0. The summed E-state index contributed by atoms with van der Waals surface area (Å²) in [4.78, 5) is 12.8. The number of rotatable bonds is 8. The fraction of sp³-hybridized carbons (Fsp3) is 0.381. The fourth-order valence-corrected chi connectivity index (χ4v) is 4.93. The first-order chi connectivity index (χ1) is 13.2. The van der Waals surface area contributed by atoms with Gasteiger partial charge in [0.2, 0.25) is 10.0 Å². The Hall–Kier alpha value is -1.70. The maximum atomic E-state index is 13.5. The molecule has 152 valence electrons. The van der Waals surface area contributed by atoms with Crippen LogP contribution in [-0.4, -0.2) is 31.3 Å². The van der Waals surface area contributed by atoms with Crippen molar-refractivity contribution in [3.8, 4) is 0 Å². The Labute approximate surface area is 175 Å². The number of halogens is 1. The van der Waals surface area contributed by atoms with Crippen LogP contribution in [-0.2, 0) is 26.1 Å². The van der Waals surface area contributed by atoms with E-state index < -0.39 is 22.0 Å². The van der Waals surface area contributed by atoms with Crippen molar-refractivity contribution >= 4 is 31.9 Å². The number of carbonyl (C=O) groups excluding carboxylic acids is 1. The Morgan fingerprint density at radius 1 is 1.11 bits per heavy atom. The highest BCUT2D eigenvalue weighted by molar-refractivity contribution is 9.10. The minimum atomic E-state index is -3.93. The molecule has 0 aromatic heterocycles. The number of ether oxygens (including phenoxy) is 1. The van der Waals surface area contributed by atoms with Gasteiger partial charge in [0.1, 0.15) is 6.04 Å². The smallest absolute Gasteiger partial charge is 0.324 e. The van der Waals surface area contributed by atoms with E-state index >= 15 is 0 Å². The molecular weight excluding hydrogens is 442 g/mol. The molecule has 0 saturated carbocycles. The average Bonchev–Trinajstić information content (AvgIpc) is 2.63. The SMILES string of the molecule is CCOC(=O)[C@@H](C(C)C)N(Cc1ccccc1C)S(=O)(=O)c1ccc(Br)cc1. The lowest BCUT2D eigenvalue weighted by Crippen LogP contribution is -2.48. The van der Waals surface area contributed by atoms with E-state index in [2.05, 4.69) is 15.9 Å². The number of hydrogen-bond donors (Lipinski definition) is 0. The van der Waals surface area contributed by atoms with Gasteiger partial charge in [0, 0.05) is 11.0 Å². The molecule has 0 heterocycles. The molecule has 0 fully saturated rings. The van der Waals surface area contributed by atoms with Gasteiger partial charge in [-0.3, -0.25) is 4.79 Å². The van der Waals surface area contributed by atoms with Gasteiger partial charge >= 0.3 is 5.97 Å². The number of hydrogen-bond acceptors (Lipinski definition) is 4. The van der Waals surface area contributed by atoms with Gasteiger partial charge in [0.05, 0.1) is 11.5 Å². The van der Waals surface area contributed by atoms with Gasteiger partial charge in [-0.25, -0.2) is 8.42 Å². The first-order valence-corrected chi connectivity index (χ1v) is 11.4. The second-order valence-corrected chi connectivity index (χ2v) is 9.68. The summed E-state index contributed by atoms with van der Waals surface area (Å²) in [5.74, 6) is -0.792. The Morgan fingerprint density at radius 3 is 2.25 bits per heavy atom. The molecule has 2 aromatic rings. The predicted molar refractivity (Wildman–Crippen MR) is 113 cm³/mol. The molecule has 0 unspecified atom stereocenters. The second-order valence-electron chi connectivity index (χ2n) is 6.87. The number of carbonyl (C=O) groups is 1. The predicted octanol–water partition coefficient (Wildman–Crippen LogP) is 4.54. The highest BCUT2D eigenvalue weighted by Crippen LogP contribution is 2.27. The summed E-state index contributed by atoms with van der Waals surface area (Å²) in [6.45, 7) is 7.57. The molecule has 0 N–H and O–H groups in total. The van der Waals surface area contributed by atoms with E-state index in [1.54, 1.807) is 19.1 Å². The van der Waals surface area contributed by atoms with E-state index in [0.29, 0.717) is 0 Å². The molecule has 2 aromatic carbocycles. The number of esters is 1. The normalized spacial score (nSPS) is 13.0. The summed E-state index contributed by atoms with van der Waals surface area (Å²) in [7, 11) is -3.93.